The molecule has 0 aromatic rings. The summed E-state index contributed by atoms with van der Waals surface area (Å²) < 4.78 is 5.84. The van der Waals surface area contributed by atoms with Crippen LogP contribution in [0.2, 0.25) is 0 Å². The van der Waals surface area contributed by atoms with Crippen molar-refractivity contribution in [1.29, 1.82) is 0 Å². The summed E-state index contributed by atoms with van der Waals surface area (Å²) >= 11 is 0. The third kappa shape index (κ3) is 3.94. The van der Waals surface area contributed by atoms with E-state index < -0.39 is 0 Å². The topological polar surface area (TPSA) is 24.5 Å². The molecule has 2 unspecified atom stereocenters. The highest BCUT2D eigenvalue weighted by Crippen LogP contribution is 2.29. The van der Waals surface area contributed by atoms with Crippen molar-refractivity contribution in [2.45, 2.75) is 77.1 Å². The van der Waals surface area contributed by atoms with Crippen molar-refractivity contribution in [3.63, 3.8) is 0 Å². The first-order chi connectivity index (χ1) is 8.46. The molecule has 0 radical (unpaired) electrons. The van der Waals surface area contributed by atoms with Crippen LogP contribution in [-0.4, -0.2) is 48.3 Å². The van der Waals surface area contributed by atoms with Gasteiger partial charge in [-0.2, -0.15) is 0 Å². The molecule has 0 spiro atoms. The summed E-state index contributed by atoms with van der Waals surface area (Å²) in [6.07, 6.45) is 5.06. The summed E-state index contributed by atoms with van der Waals surface area (Å²) in [4.78, 5) is 2.70. The van der Waals surface area contributed by atoms with E-state index in [1.54, 1.807) is 0 Å². The Labute approximate surface area is 112 Å². The molecule has 2 aliphatic heterocycles. The minimum absolute atomic E-state index is 0.0708. The first kappa shape index (κ1) is 14.3. The maximum atomic E-state index is 5.84. The van der Waals surface area contributed by atoms with Crippen LogP contribution in [0.1, 0.15) is 53.4 Å². The molecule has 106 valence electrons. The van der Waals surface area contributed by atoms with Crippen LogP contribution in [0, 0.1) is 0 Å². The van der Waals surface area contributed by atoms with Crippen LogP contribution >= 0.6 is 0 Å². The molecule has 0 bridgehead atoms. The number of hydrogen-bond donors (Lipinski definition) is 1. The van der Waals surface area contributed by atoms with Crippen molar-refractivity contribution < 1.29 is 4.74 Å². The quantitative estimate of drug-likeness (QED) is 0.837. The summed E-state index contributed by atoms with van der Waals surface area (Å²) in [5.74, 6) is 0. The van der Waals surface area contributed by atoms with Crippen LogP contribution in [-0.2, 0) is 4.74 Å². The Morgan fingerprint density at radius 1 is 1.28 bits per heavy atom. The molecule has 0 saturated carbocycles. The van der Waals surface area contributed by atoms with Crippen LogP contribution in [0.5, 0.6) is 0 Å². The fraction of sp³-hybridized carbons (Fsp3) is 1.00. The van der Waals surface area contributed by atoms with Gasteiger partial charge in [0.2, 0.25) is 0 Å². The lowest BCUT2D eigenvalue weighted by molar-refractivity contribution is -0.0867. The lowest BCUT2D eigenvalue weighted by Crippen LogP contribution is -2.54. The predicted molar refractivity (Wildman–Crippen MR) is 75.9 cm³/mol. The Morgan fingerprint density at radius 3 is 2.72 bits per heavy atom. The van der Waals surface area contributed by atoms with Crippen LogP contribution in [0.4, 0.5) is 0 Å². The molecule has 0 aliphatic carbocycles. The monoisotopic (exact) mass is 254 g/mol. The maximum Gasteiger partial charge on any atom is 0.0641 e. The molecule has 2 heterocycles. The van der Waals surface area contributed by atoms with Gasteiger partial charge in [0.05, 0.1) is 5.60 Å². The number of hydrogen-bond acceptors (Lipinski definition) is 3. The summed E-state index contributed by atoms with van der Waals surface area (Å²) in [7, 11) is 0. The second-order valence-electron chi connectivity index (χ2n) is 6.91. The zero-order valence-electron chi connectivity index (χ0n) is 12.5. The van der Waals surface area contributed by atoms with E-state index in [2.05, 4.69) is 37.9 Å². The van der Waals surface area contributed by atoms with Crippen molar-refractivity contribution in [3.05, 3.63) is 0 Å². The number of nitrogens with zero attached hydrogens (tertiary/aromatic N) is 1. The highest BCUT2D eigenvalue weighted by Gasteiger charge is 2.34. The molecule has 0 amide bonds. The number of piperidine rings is 1. The Kier molecular flexibility index (Phi) is 4.68. The molecule has 2 aliphatic rings. The maximum absolute atomic E-state index is 5.84. The number of nitrogens with one attached hydrogen (secondary N) is 1. The number of ether oxygens (including phenoxy) is 1. The highest BCUT2D eigenvalue weighted by atomic mass is 16.5. The third-order valence-corrected chi connectivity index (χ3v) is 4.21. The van der Waals surface area contributed by atoms with Gasteiger partial charge in [0, 0.05) is 31.3 Å². The highest BCUT2D eigenvalue weighted by molar-refractivity contribution is 4.89. The van der Waals surface area contributed by atoms with Crippen molar-refractivity contribution in [2.75, 3.05) is 19.7 Å². The molecule has 2 fully saturated rings. The molecule has 18 heavy (non-hydrogen) atoms. The number of rotatable bonds is 3. The summed E-state index contributed by atoms with van der Waals surface area (Å²) in [6, 6.07) is 2.01. The summed E-state index contributed by atoms with van der Waals surface area (Å²) in [5, 5.41) is 3.70. The third-order valence-electron chi connectivity index (χ3n) is 4.21. The molecular formula is C15H30N2O. The van der Waals surface area contributed by atoms with E-state index in [1.165, 1.54) is 38.8 Å². The fourth-order valence-corrected chi connectivity index (χ4v) is 3.46. The second-order valence-corrected chi connectivity index (χ2v) is 6.91. The summed E-state index contributed by atoms with van der Waals surface area (Å²) in [5.41, 5.74) is 0.0708. The van der Waals surface area contributed by atoms with E-state index >= 15 is 0 Å². The van der Waals surface area contributed by atoms with Gasteiger partial charge < -0.3 is 10.1 Å². The first-order valence-electron chi connectivity index (χ1n) is 7.60. The molecular weight excluding hydrogens is 224 g/mol. The van der Waals surface area contributed by atoms with E-state index in [1.807, 2.05) is 0 Å². The van der Waals surface area contributed by atoms with E-state index in [4.69, 9.17) is 4.74 Å². The van der Waals surface area contributed by atoms with Gasteiger partial charge in [0.15, 0.2) is 0 Å². The van der Waals surface area contributed by atoms with Gasteiger partial charge in [0.25, 0.3) is 0 Å². The van der Waals surface area contributed by atoms with E-state index in [-0.39, 0.29) is 5.60 Å². The van der Waals surface area contributed by atoms with Gasteiger partial charge in [-0.05, 0) is 46.1 Å². The SMILES string of the molecule is CC(C)NC1CCCN(C2CCOC(C)(C)C2)C1. The first-order valence-corrected chi connectivity index (χ1v) is 7.60. The average Bonchev–Trinajstić information content (AvgIpc) is 2.27. The lowest BCUT2D eigenvalue weighted by Gasteiger charge is -2.44. The Bertz CT molecular complexity index is 265. The summed E-state index contributed by atoms with van der Waals surface area (Å²) in [6.45, 7) is 12.4. The van der Waals surface area contributed by atoms with Crippen molar-refractivity contribution in [3.8, 4) is 0 Å². The molecule has 3 nitrogen and oxygen atoms in total. The van der Waals surface area contributed by atoms with Crippen molar-refractivity contribution in [1.82, 2.24) is 10.2 Å². The fourth-order valence-electron chi connectivity index (χ4n) is 3.46. The molecule has 1 N–H and O–H groups in total. The van der Waals surface area contributed by atoms with E-state index in [0.717, 1.165) is 12.6 Å². The normalized spacial score (nSPS) is 33.8. The molecule has 2 rings (SSSR count). The van der Waals surface area contributed by atoms with Crippen LogP contribution < -0.4 is 5.32 Å². The second kappa shape index (κ2) is 5.89. The Hall–Kier alpha value is -0.120. The van der Waals surface area contributed by atoms with E-state index in [9.17, 15) is 0 Å². The number of likely N-dealkylation sites (tertiary alicyclic amines) is 1. The average molecular weight is 254 g/mol. The van der Waals surface area contributed by atoms with Gasteiger partial charge in [-0.1, -0.05) is 13.8 Å². The van der Waals surface area contributed by atoms with Crippen LogP contribution in [0.25, 0.3) is 0 Å². The van der Waals surface area contributed by atoms with Crippen molar-refractivity contribution >= 4 is 0 Å². The zero-order chi connectivity index (χ0) is 13.2. The largest absolute Gasteiger partial charge is 0.375 e. The van der Waals surface area contributed by atoms with Crippen LogP contribution in [0.3, 0.4) is 0 Å². The Balaban J connectivity index is 1.88. The van der Waals surface area contributed by atoms with Gasteiger partial charge in [-0.15, -0.1) is 0 Å². The smallest absolute Gasteiger partial charge is 0.0641 e. The van der Waals surface area contributed by atoms with Gasteiger partial charge >= 0.3 is 0 Å². The Morgan fingerprint density at radius 2 is 2.06 bits per heavy atom. The van der Waals surface area contributed by atoms with Gasteiger partial charge in [-0.3, -0.25) is 4.90 Å². The van der Waals surface area contributed by atoms with Gasteiger partial charge in [-0.25, -0.2) is 0 Å². The predicted octanol–water partition coefficient (Wildman–Crippen LogP) is 2.41. The standard InChI is InChI=1S/C15H30N2O/c1-12(2)16-13-6-5-8-17(11-13)14-7-9-18-15(3,4)10-14/h12-14,16H,5-11H2,1-4H3. The van der Waals surface area contributed by atoms with Gasteiger partial charge in [0.1, 0.15) is 0 Å². The van der Waals surface area contributed by atoms with E-state index in [0.29, 0.717) is 12.1 Å². The minimum Gasteiger partial charge on any atom is -0.375 e. The zero-order valence-corrected chi connectivity index (χ0v) is 12.5. The van der Waals surface area contributed by atoms with Crippen molar-refractivity contribution in [2.24, 2.45) is 0 Å². The molecule has 3 heteroatoms. The molecule has 2 saturated heterocycles. The lowest BCUT2D eigenvalue weighted by atomic mass is 9.91. The molecule has 0 aromatic carbocycles. The van der Waals surface area contributed by atoms with Crippen LogP contribution in [0.15, 0.2) is 0 Å². The molecule has 2 atom stereocenters. The minimum atomic E-state index is 0.0708. The molecule has 0 aromatic heterocycles.